The van der Waals surface area contributed by atoms with Crippen molar-refractivity contribution in [2.75, 3.05) is 0 Å². The monoisotopic (exact) mass is 276 g/mol. The van der Waals surface area contributed by atoms with Crippen LogP contribution in [-0.4, -0.2) is 5.11 Å². The van der Waals surface area contributed by atoms with Gasteiger partial charge in [0.25, 0.3) is 0 Å². The van der Waals surface area contributed by atoms with Gasteiger partial charge in [0, 0.05) is 0 Å². The van der Waals surface area contributed by atoms with Gasteiger partial charge in [-0.15, -0.1) is 0 Å². The molecule has 0 fully saturated rings. The first kappa shape index (κ1) is 13.9. The second-order valence-corrected chi connectivity index (χ2v) is 4.94. The maximum Gasteiger partial charge on any atom is 0.146 e. The third-order valence-corrected chi connectivity index (χ3v) is 3.28. The Kier molecular flexibility index (Phi) is 4.46. The smallest absolute Gasteiger partial charge is 0.146 e. The predicted octanol–water partition coefficient (Wildman–Crippen LogP) is 4.88. The molecular weight excluding hydrogens is 260 g/mol. The molecule has 100 valence electrons. The van der Waals surface area contributed by atoms with Crippen LogP contribution in [0.25, 0.3) is 0 Å². The fourth-order valence-corrected chi connectivity index (χ4v) is 1.97. The van der Waals surface area contributed by atoms with Crippen molar-refractivity contribution >= 4 is 11.6 Å². The molecule has 0 unspecified atom stereocenters. The fourth-order valence-electron chi connectivity index (χ4n) is 1.81. The van der Waals surface area contributed by atoms with Gasteiger partial charge in [-0.1, -0.05) is 36.7 Å². The molecule has 1 N–H and O–H groups in total. The van der Waals surface area contributed by atoms with Crippen LogP contribution in [0.4, 0.5) is 0 Å². The van der Waals surface area contributed by atoms with Crippen molar-refractivity contribution < 1.29 is 9.84 Å². The summed E-state index contributed by atoms with van der Waals surface area (Å²) < 4.78 is 5.74. The summed E-state index contributed by atoms with van der Waals surface area (Å²) in [5, 5.41) is 10.3. The van der Waals surface area contributed by atoms with Gasteiger partial charge in [0.15, 0.2) is 0 Å². The largest absolute Gasteiger partial charge is 0.456 e. The standard InChI is InChI=1S/C16H17ClO2/c1-3-15(18)12-5-7-13(8-6-12)19-16-10-11(2)4-9-14(16)17/h4-10,15,18H,3H2,1-2H3/t15-/m0/s1. The molecule has 0 amide bonds. The minimum absolute atomic E-state index is 0.420. The normalized spacial score (nSPS) is 12.2. The number of hydrogen-bond donors (Lipinski definition) is 1. The van der Waals surface area contributed by atoms with E-state index in [1.807, 2.05) is 56.3 Å². The second kappa shape index (κ2) is 6.09. The van der Waals surface area contributed by atoms with Gasteiger partial charge in [-0.05, 0) is 48.7 Å². The molecule has 3 heteroatoms. The Morgan fingerprint density at radius 1 is 1.16 bits per heavy atom. The Balaban J connectivity index is 2.17. The zero-order valence-corrected chi connectivity index (χ0v) is 11.8. The average Bonchev–Trinajstić information content (AvgIpc) is 2.43. The van der Waals surface area contributed by atoms with Gasteiger partial charge in [0.2, 0.25) is 0 Å². The lowest BCUT2D eigenvalue weighted by Crippen LogP contribution is -1.94. The molecule has 0 saturated heterocycles. The van der Waals surface area contributed by atoms with Gasteiger partial charge >= 0.3 is 0 Å². The highest BCUT2D eigenvalue weighted by molar-refractivity contribution is 6.32. The third-order valence-electron chi connectivity index (χ3n) is 2.97. The van der Waals surface area contributed by atoms with E-state index in [1.54, 1.807) is 0 Å². The van der Waals surface area contributed by atoms with Crippen molar-refractivity contribution in [3.63, 3.8) is 0 Å². The van der Waals surface area contributed by atoms with E-state index in [9.17, 15) is 5.11 Å². The molecule has 2 aromatic carbocycles. The SMILES string of the molecule is CC[C@H](O)c1ccc(Oc2cc(C)ccc2Cl)cc1. The number of hydrogen-bond acceptors (Lipinski definition) is 2. The van der Waals surface area contributed by atoms with Gasteiger partial charge in [-0.25, -0.2) is 0 Å². The predicted molar refractivity (Wildman–Crippen MR) is 78.0 cm³/mol. The summed E-state index contributed by atoms with van der Waals surface area (Å²) >= 11 is 6.09. The third kappa shape index (κ3) is 3.49. The minimum Gasteiger partial charge on any atom is -0.456 e. The highest BCUT2D eigenvalue weighted by Crippen LogP contribution is 2.30. The van der Waals surface area contributed by atoms with Gasteiger partial charge in [-0.2, -0.15) is 0 Å². The number of rotatable bonds is 4. The molecule has 1 atom stereocenters. The van der Waals surface area contributed by atoms with Crippen LogP contribution >= 0.6 is 11.6 Å². The molecule has 0 aliphatic rings. The first-order chi connectivity index (χ1) is 9.10. The summed E-state index contributed by atoms with van der Waals surface area (Å²) in [5.74, 6) is 1.35. The van der Waals surface area contributed by atoms with Crippen LogP contribution in [0.3, 0.4) is 0 Å². The lowest BCUT2D eigenvalue weighted by molar-refractivity contribution is 0.173. The number of benzene rings is 2. The van der Waals surface area contributed by atoms with Crippen LogP contribution < -0.4 is 4.74 Å². The van der Waals surface area contributed by atoms with Crippen molar-refractivity contribution in [1.29, 1.82) is 0 Å². The molecular formula is C16H17ClO2. The molecule has 19 heavy (non-hydrogen) atoms. The Bertz CT molecular complexity index is 549. The zero-order chi connectivity index (χ0) is 13.8. The summed E-state index contributed by atoms with van der Waals surface area (Å²) in [6.45, 7) is 3.94. The molecule has 0 aromatic heterocycles. The van der Waals surface area contributed by atoms with Crippen molar-refractivity contribution in [1.82, 2.24) is 0 Å². The van der Waals surface area contributed by atoms with Crippen molar-refractivity contribution in [2.45, 2.75) is 26.4 Å². The topological polar surface area (TPSA) is 29.5 Å². The van der Waals surface area contributed by atoms with E-state index in [4.69, 9.17) is 16.3 Å². The van der Waals surface area contributed by atoms with E-state index in [1.165, 1.54) is 0 Å². The van der Waals surface area contributed by atoms with E-state index < -0.39 is 6.10 Å². The van der Waals surface area contributed by atoms with Crippen molar-refractivity contribution in [3.05, 3.63) is 58.6 Å². The molecule has 0 aliphatic carbocycles. The van der Waals surface area contributed by atoms with Crippen LogP contribution in [0.15, 0.2) is 42.5 Å². The number of aliphatic hydroxyl groups is 1. The van der Waals surface area contributed by atoms with Gasteiger partial charge in [-0.3, -0.25) is 0 Å². The molecule has 0 bridgehead atoms. The Morgan fingerprint density at radius 3 is 2.47 bits per heavy atom. The van der Waals surface area contributed by atoms with Gasteiger partial charge in [0.1, 0.15) is 11.5 Å². The van der Waals surface area contributed by atoms with Crippen LogP contribution in [0, 0.1) is 6.92 Å². The minimum atomic E-state index is -0.420. The molecule has 2 rings (SSSR count). The summed E-state index contributed by atoms with van der Waals surface area (Å²) in [6, 6.07) is 13.1. The second-order valence-electron chi connectivity index (χ2n) is 4.53. The molecule has 2 nitrogen and oxygen atoms in total. The van der Waals surface area contributed by atoms with Gasteiger partial charge < -0.3 is 9.84 Å². The summed E-state index contributed by atoms with van der Waals surface area (Å²) in [4.78, 5) is 0. The highest BCUT2D eigenvalue weighted by atomic mass is 35.5. The van der Waals surface area contributed by atoms with Crippen LogP contribution in [-0.2, 0) is 0 Å². The van der Waals surface area contributed by atoms with Crippen LogP contribution in [0.2, 0.25) is 5.02 Å². The maximum absolute atomic E-state index is 9.73. The number of aryl methyl sites for hydroxylation is 1. The molecule has 0 spiro atoms. The quantitative estimate of drug-likeness (QED) is 0.862. The lowest BCUT2D eigenvalue weighted by atomic mass is 10.1. The molecule has 0 aliphatic heterocycles. The Morgan fingerprint density at radius 2 is 1.84 bits per heavy atom. The van der Waals surface area contributed by atoms with E-state index in [2.05, 4.69) is 0 Å². The van der Waals surface area contributed by atoms with Crippen LogP contribution in [0.1, 0.15) is 30.6 Å². The molecule has 0 saturated carbocycles. The summed E-state index contributed by atoms with van der Waals surface area (Å²) in [7, 11) is 0. The van der Waals surface area contributed by atoms with E-state index in [0.717, 1.165) is 11.1 Å². The van der Waals surface area contributed by atoms with E-state index in [-0.39, 0.29) is 0 Å². The van der Waals surface area contributed by atoms with Crippen molar-refractivity contribution in [2.24, 2.45) is 0 Å². The Labute approximate surface area is 118 Å². The lowest BCUT2D eigenvalue weighted by Gasteiger charge is -2.11. The first-order valence-electron chi connectivity index (χ1n) is 6.32. The van der Waals surface area contributed by atoms with E-state index in [0.29, 0.717) is 22.9 Å². The number of halogens is 1. The van der Waals surface area contributed by atoms with Gasteiger partial charge in [0.05, 0.1) is 11.1 Å². The van der Waals surface area contributed by atoms with E-state index >= 15 is 0 Å². The summed E-state index contributed by atoms with van der Waals surface area (Å²) in [5.41, 5.74) is 1.99. The fraction of sp³-hybridized carbons (Fsp3) is 0.250. The Hall–Kier alpha value is -1.51. The molecule has 0 radical (unpaired) electrons. The molecule has 0 heterocycles. The molecule has 2 aromatic rings. The first-order valence-corrected chi connectivity index (χ1v) is 6.70. The van der Waals surface area contributed by atoms with Crippen LogP contribution in [0.5, 0.6) is 11.5 Å². The zero-order valence-electron chi connectivity index (χ0n) is 11.1. The van der Waals surface area contributed by atoms with Crippen molar-refractivity contribution in [3.8, 4) is 11.5 Å². The number of aliphatic hydroxyl groups excluding tert-OH is 1. The maximum atomic E-state index is 9.73. The highest BCUT2D eigenvalue weighted by Gasteiger charge is 2.06. The average molecular weight is 277 g/mol. The number of ether oxygens (including phenoxy) is 1. The summed E-state index contributed by atoms with van der Waals surface area (Å²) in [6.07, 6.45) is 0.279.